The summed E-state index contributed by atoms with van der Waals surface area (Å²) < 4.78 is 0. The standard InChI is InChI=1S/C17H25N3O2S/c1-12-11-14(17(22)20-7-9-23-10-8-20)4-5-15(12)19-16(21)6-3-13(2)18/h4-5,11,13H,3,6-10,18H2,1-2H3,(H,19,21). The second kappa shape index (κ2) is 8.36. The van der Waals surface area contributed by atoms with E-state index in [0.29, 0.717) is 18.4 Å². The van der Waals surface area contributed by atoms with Crippen molar-refractivity contribution < 1.29 is 9.59 Å². The summed E-state index contributed by atoms with van der Waals surface area (Å²) >= 11 is 1.88. The molecule has 5 nitrogen and oxygen atoms in total. The Hall–Kier alpha value is -1.53. The van der Waals surface area contributed by atoms with Crippen molar-refractivity contribution in [2.24, 2.45) is 5.73 Å². The number of carbonyl (C=O) groups excluding carboxylic acids is 2. The van der Waals surface area contributed by atoms with Crippen molar-refractivity contribution in [3.8, 4) is 0 Å². The molecule has 1 unspecified atom stereocenters. The molecule has 126 valence electrons. The van der Waals surface area contributed by atoms with Crippen LogP contribution in [0.5, 0.6) is 0 Å². The summed E-state index contributed by atoms with van der Waals surface area (Å²) in [5.41, 5.74) is 8.00. The number of carbonyl (C=O) groups is 2. The molecule has 2 rings (SSSR count). The molecule has 0 aromatic heterocycles. The lowest BCUT2D eigenvalue weighted by Gasteiger charge is -2.26. The first-order chi connectivity index (χ1) is 11.0. The number of rotatable bonds is 5. The van der Waals surface area contributed by atoms with Gasteiger partial charge in [0, 0.05) is 48.3 Å². The minimum Gasteiger partial charge on any atom is -0.337 e. The highest BCUT2D eigenvalue weighted by Crippen LogP contribution is 2.19. The van der Waals surface area contributed by atoms with E-state index in [4.69, 9.17) is 5.73 Å². The van der Waals surface area contributed by atoms with Crippen LogP contribution in [0.3, 0.4) is 0 Å². The molecule has 1 aliphatic rings. The van der Waals surface area contributed by atoms with Gasteiger partial charge in [-0.25, -0.2) is 0 Å². The Morgan fingerprint density at radius 2 is 2.04 bits per heavy atom. The number of anilines is 1. The maximum Gasteiger partial charge on any atom is 0.253 e. The second-order valence-corrected chi connectivity index (χ2v) is 7.22. The van der Waals surface area contributed by atoms with Crippen LogP contribution in [0.1, 0.15) is 35.7 Å². The fourth-order valence-corrected chi connectivity index (χ4v) is 3.36. The van der Waals surface area contributed by atoms with E-state index in [0.717, 1.165) is 35.8 Å². The van der Waals surface area contributed by atoms with E-state index in [2.05, 4.69) is 5.32 Å². The minimum atomic E-state index is -0.0440. The number of thioether (sulfide) groups is 1. The number of nitrogens with zero attached hydrogens (tertiary/aromatic N) is 1. The average Bonchev–Trinajstić information content (AvgIpc) is 2.55. The predicted molar refractivity (Wildman–Crippen MR) is 95.9 cm³/mol. The zero-order chi connectivity index (χ0) is 16.8. The van der Waals surface area contributed by atoms with Gasteiger partial charge in [0.1, 0.15) is 0 Å². The van der Waals surface area contributed by atoms with E-state index in [1.807, 2.05) is 42.6 Å². The molecule has 0 saturated carbocycles. The van der Waals surface area contributed by atoms with Gasteiger partial charge in [-0.3, -0.25) is 9.59 Å². The van der Waals surface area contributed by atoms with Crippen LogP contribution in [0.4, 0.5) is 5.69 Å². The summed E-state index contributed by atoms with van der Waals surface area (Å²) in [5, 5.41) is 2.89. The Morgan fingerprint density at radius 3 is 2.65 bits per heavy atom. The lowest BCUT2D eigenvalue weighted by Crippen LogP contribution is -2.37. The Balaban J connectivity index is 1.99. The van der Waals surface area contributed by atoms with Crippen LogP contribution in [0.25, 0.3) is 0 Å². The quantitative estimate of drug-likeness (QED) is 0.865. The van der Waals surface area contributed by atoms with Crippen LogP contribution in [-0.2, 0) is 4.79 Å². The number of hydrogen-bond acceptors (Lipinski definition) is 4. The monoisotopic (exact) mass is 335 g/mol. The topological polar surface area (TPSA) is 75.4 Å². The first kappa shape index (κ1) is 17.8. The summed E-state index contributed by atoms with van der Waals surface area (Å²) in [7, 11) is 0. The molecule has 1 saturated heterocycles. The van der Waals surface area contributed by atoms with E-state index in [-0.39, 0.29) is 17.9 Å². The molecule has 1 aliphatic heterocycles. The fourth-order valence-electron chi connectivity index (χ4n) is 2.46. The van der Waals surface area contributed by atoms with Crippen molar-refractivity contribution in [3.63, 3.8) is 0 Å². The molecule has 2 amide bonds. The Kier molecular flexibility index (Phi) is 6.47. The van der Waals surface area contributed by atoms with Crippen molar-refractivity contribution in [3.05, 3.63) is 29.3 Å². The molecule has 1 heterocycles. The summed E-state index contributed by atoms with van der Waals surface area (Å²) in [6.45, 7) is 5.40. The number of nitrogens with one attached hydrogen (secondary N) is 1. The normalized spacial score (nSPS) is 16.0. The highest BCUT2D eigenvalue weighted by molar-refractivity contribution is 7.99. The Morgan fingerprint density at radius 1 is 1.35 bits per heavy atom. The molecule has 1 atom stereocenters. The van der Waals surface area contributed by atoms with Crippen molar-refractivity contribution in [2.45, 2.75) is 32.7 Å². The fraction of sp³-hybridized carbons (Fsp3) is 0.529. The molecule has 0 radical (unpaired) electrons. The van der Waals surface area contributed by atoms with E-state index >= 15 is 0 Å². The minimum absolute atomic E-state index is 0.0181. The lowest BCUT2D eigenvalue weighted by molar-refractivity contribution is -0.116. The van der Waals surface area contributed by atoms with Crippen LogP contribution in [0.15, 0.2) is 18.2 Å². The van der Waals surface area contributed by atoms with Gasteiger partial charge in [-0.15, -0.1) is 0 Å². The molecule has 6 heteroatoms. The van der Waals surface area contributed by atoms with Gasteiger partial charge in [-0.2, -0.15) is 11.8 Å². The molecule has 1 aromatic rings. The largest absolute Gasteiger partial charge is 0.337 e. The highest BCUT2D eigenvalue weighted by atomic mass is 32.2. The Bertz CT molecular complexity index is 569. The van der Waals surface area contributed by atoms with Gasteiger partial charge < -0.3 is 16.0 Å². The van der Waals surface area contributed by atoms with Crippen LogP contribution >= 0.6 is 11.8 Å². The highest BCUT2D eigenvalue weighted by Gasteiger charge is 2.19. The number of benzene rings is 1. The van der Waals surface area contributed by atoms with Gasteiger partial charge >= 0.3 is 0 Å². The van der Waals surface area contributed by atoms with Crippen molar-refractivity contribution in [2.75, 3.05) is 29.9 Å². The number of aryl methyl sites for hydroxylation is 1. The van der Waals surface area contributed by atoms with Gasteiger partial charge in [0.25, 0.3) is 5.91 Å². The first-order valence-electron chi connectivity index (χ1n) is 8.00. The van der Waals surface area contributed by atoms with Crippen LogP contribution < -0.4 is 11.1 Å². The molecule has 1 fully saturated rings. The molecule has 1 aromatic carbocycles. The molecule has 23 heavy (non-hydrogen) atoms. The third-order valence-corrected chi connectivity index (χ3v) is 4.81. The van der Waals surface area contributed by atoms with Gasteiger partial charge in [0.05, 0.1) is 0 Å². The van der Waals surface area contributed by atoms with Gasteiger partial charge in [0.15, 0.2) is 0 Å². The SMILES string of the molecule is Cc1cc(C(=O)N2CCSCC2)ccc1NC(=O)CCC(C)N. The smallest absolute Gasteiger partial charge is 0.253 e. The summed E-state index contributed by atoms with van der Waals surface area (Å²) in [6.07, 6.45) is 1.07. The molecule has 0 spiro atoms. The van der Waals surface area contributed by atoms with Crippen molar-refractivity contribution >= 4 is 29.3 Å². The summed E-state index contributed by atoms with van der Waals surface area (Å²) in [6, 6.07) is 5.47. The van der Waals surface area contributed by atoms with Crippen LogP contribution in [0.2, 0.25) is 0 Å². The third-order valence-electron chi connectivity index (χ3n) is 3.87. The zero-order valence-corrected chi connectivity index (χ0v) is 14.6. The third kappa shape index (κ3) is 5.25. The first-order valence-corrected chi connectivity index (χ1v) is 9.16. The second-order valence-electron chi connectivity index (χ2n) is 6.00. The van der Waals surface area contributed by atoms with E-state index in [1.165, 1.54) is 0 Å². The van der Waals surface area contributed by atoms with Crippen LogP contribution in [-0.4, -0.2) is 47.4 Å². The zero-order valence-electron chi connectivity index (χ0n) is 13.8. The summed E-state index contributed by atoms with van der Waals surface area (Å²) in [5.74, 6) is 2.03. The van der Waals surface area contributed by atoms with Crippen molar-refractivity contribution in [1.29, 1.82) is 0 Å². The number of hydrogen-bond donors (Lipinski definition) is 2. The maximum absolute atomic E-state index is 12.5. The molecule has 0 bridgehead atoms. The van der Waals surface area contributed by atoms with Gasteiger partial charge in [0.2, 0.25) is 5.91 Å². The van der Waals surface area contributed by atoms with Gasteiger partial charge in [-0.1, -0.05) is 0 Å². The van der Waals surface area contributed by atoms with E-state index in [1.54, 1.807) is 6.07 Å². The average molecular weight is 335 g/mol. The lowest BCUT2D eigenvalue weighted by atomic mass is 10.1. The van der Waals surface area contributed by atoms with E-state index < -0.39 is 0 Å². The number of nitrogens with two attached hydrogens (primary N) is 1. The number of amides is 2. The van der Waals surface area contributed by atoms with Gasteiger partial charge in [-0.05, 0) is 44.0 Å². The van der Waals surface area contributed by atoms with Crippen molar-refractivity contribution in [1.82, 2.24) is 4.90 Å². The maximum atomic E-state index is 12.5. The summed E-state index contributed by atoms with van der Waals surface area (Å²) in [4.78, 5) is 26.3. The molecular formula is C17H25N3O2S. The predicted octanol–water partition coefficient (Wildman–Crippen LogP) is 2.25. The molecule has 0 aliphatic carbocycles. The Labute approximate surface area is 142 Å². The molecular weight excluding hydrogens is 310 g/mol. The molecule has 3 N–H and O–H groups in total. The van der Waals surface area contributed by atoms with E-state index in [9.17, 15) is 9.59 Å². The van der Waals surface area contributed by atoms with Crippen LogP contribution in [0, 0.1) is 6.92 Å².